The van der Waals surface area contributed by atoms with Crippen LogP contribution in [0.2, 0.25) is 0 Å². The molecule has 10 nitrogen and oxygen atoms in total. The first-order chi connectivity index (χ1) is 15.4. The van der Waals surface area contributed by atoms with Crippen molar-refractivity contribution in [3.05, 3.63) is 40.5 Å². The van der Waals surface area contributed by atoms with Crippen molar-refractivity contribution in [3.63, 3.8) is 0 Å². The number of benzene rings is 1. The number of nitro groups is 1. The van der Waals surface area contributed by atoms with Crippen LogP contribution in [0.3, 0.4) is 0 Å². The zero-order chi connectivity index (χ0) is 22.6. The molecule has 10 heteroatoms. The van der Waals surface area contributed by atoms with Gasteiger partial charge in [-0.25, -0.2) is 9.69 Å². The van der Waals surface area contributed by atoms with Gasteiger partial charge in [0.1, 0.15) is 5.69 Å². The van der Waals surface area contributed by atoms with E-state index in [9.17, 15) is 24.5 Å². The van der Waals surface area contributed by atoms with Gasteiger partial charge in [0, 0.05) is 32.2 Å². The molecule has 3 amide bonds. The molecular formula is C22H24N4O6. The largest absolute Gasteiger partial charge is 0.450 e. The number of nitrogens with zero attached hydrogens (tertiary/aromatic N) is 4. The van der Waals surface area contributed by atoms with Gasteiger partial charge in [0.05, 0.1) is 29.1 Å². The zero-order valence-corrected chi connectivity index (χ0v) is 17.7. The summed E-state index contributed by atoms with van der Waals surface area (Å²) in [6.45, 7) is 3.64. The number of fused-ring (bicyclic) bond motifs is 5. The number of hydrogen-bond donors (Lipinski definition) is 0. The lowest BCUT2D eigenvalue weighted by atomic mass is 9.85. The molecule has 32 heavy (non-hydrogen) atoms. The van der Waals surface area contributed by atoms with Gasteiger partial charge >= 0.3 is 6.09 Å². The van der Waals surface area contributed by atoms with Crippen molar-refractivity contribution in [2.24, 2.45) is 23.7 Å². The predicted octanol–water partition coefficient (Wildman–Crippen LogP) is 2.18. The summed E-state index contributed by atoms with van der Waals surface area (Å²) in [5, 5.41) is 11.9. The van der Waals surface area contributed by atoms with Crippen molar-refractivity contribution in [3.8, 4) is 0 Å². The molecule has 1 saturated carbocycles. The van der Waals surface area contributed by atoms with Crippen LogP contribution in [0.1, 0.15) is 13.3 Å². The molecule has 2 aliphatic heterocycles. The van der Waals surface area contributed by atoms with Gasteiger partial charge in [-0.3, -0.25) is 19.7 Å². The fraction of sp³-hybridized carbons (Fsp3) is 0.500. The molecular weight excluding hydrogens is 416 g/mol. The molecule has 0 spiro atoms. The topological polar surface area (TPSA) is 113 Å². The lowest BCUT2D eigenvalue weighted by Gasteiger charge is -2.35. The average molecular weight is 440 g/mol. The number of piperazine rings is 1. The highest BCUT2D eigenvalue weighted by atomic mass is 16.6. The monoisotopic (exact) mass is 440 g/mol. The van der Waals surface area contributed by atoms with Crippen LogP contribution in [-0.2, 0) is 14.3 Å². The van der Waals surface area contributed by atoms with Gasteiger partial charge in [-0.1, -0.05) is 12.2 Å². The lowest BCUT2D eigenvalue weighted by molar-refractivity contribution is -0.384. The fourth-order valence-corrected chi connectivity index (χ4v) is 5.57. The molecule has 5 rings (SSSR count). The van der Waals surface area contributed by atoms with Crippen LogP contribution in [0.5, 0.6) is 0 Å². The summed E-state index contributed by atoms with van der Waals surface area (Å²) in [5.41, 5.74) is 0.489. The van der Waals surface area contributed by atoms with Gasteiger partial charge in [-0.05, 0) is 37.3 Å². The van der Waals surface area contributed by atoms with E-state index in [0.29, 0.717) is 38.5 Å². The Balaban J connectivity index is 1.38. The van der Waals surface area contributed by atoms with E-state index in [1.807, 2.05) is 17.1 Å². The maximum atomic E-state index is 13.1. The Hall–Kier alpha value is -3.43. The number of anilines is 2. The van der Waals surface area contributed by atoms with E-state index in [0.717, 1.165) is 11.3 Å². The highest BCUT2D eigenvalue weighted by molar-refractivity contribution is 6.23. The van der Waals surface area contributed by atoms with Crippen molar-refractivity contribution < 1.29 is 24.0 Å². The van der Waals surface area contributed by atoms with Crippen LogP contribution in [-0.4, -0.2) is 60.5 Å². The Kier molecular flexibility index (Phi) is 4.87. The normalized spacial score (nSPS) is 28.5. The molecule has 0 radical (unpaired) electrons. The van der Waals surface area contributed by atoms with Gasteiger partial charge in [0.25, 0.3) is 5.69 Å². The summed E-state index contributed by atoms with van der Waals surface area (Å²) in [5.74, 6) is -1.07. The number of ether oxygens (including phenoxy) is 1. The van der Waals surface area contributed by atoms with Crippen molar-refractivity contribution >= 4 is 35.0 Å². The summed E-state index contributed by atoms with van der Waals surface area (Å²) < 4.78 is 5.01. The maximum absolute atomic E-state index is 13.1. The number of nitro benzene ring substituents is 1. The number of carbonyl (C=O) groups excluding carboxylic acids is 3. The Bertz CT molecular complexity index is 1000. The molecule has 4 aliphatic rings. The second kappa shape index (κ2) is 7.61. The van der Waals surface area contributed by atoms with E-state index in [-0.39, 0.29) is 46.9 Å². The lowest BCUT2D eigenvalue weighted by Crippen LogP contribution is -2.49. The molecule has 2 aliphatic carbocycles. The van der Waals surface area contributed by atoms with Crippen LogP contribution in [0.4, 0.5) is 21.9 Å². The third-order valence-electron chi connectivity index (χ3n) is 7.03. The first-order valence-corrected chi connectivity index (χ1v) is 10.9. The minimum absolute atomic E-state index is 0.0800. The molecule has 2 bridgehead atoms. The summed E-state index contributed by atoms with van der Waals surface area (Å²) >= 11 is 0. The highest BCUT2D eigenvalue weighted by Gasteiger charge is 2.59. The summed E-state index contributed by atoms with van der Waals surface area (Å²) in [4.78, 5) is 53.9. The van der Waals surface area contributed by atoms with E-state index in [4.69, 9.17) is 4.74 Å². The SMILES string of the molecule is CCOC(=O)N1CCN(c2ccc(N3C(=O)C4[C@H]5C=C[C@H](C5)[C@H]4C3=O)cc2[N+](=O)[O-])CC1. The second-order valence-corrected chi connectivity index (χ2v) is 8.61. The van der Waals surface area contributed by atoms with E-state index < -0.39 is 11.0 Å². The third-order valence-corrected chi connectivity index (χ3v) is 7.03. The summed E-state index contributed by atoms with van der Waals surface area (Å²) in [6, 6.07) is 4.51. The Morgan fingerprint density at radius 1 is 1.09 bits per heavy atom. The quantitative estimate of drug-likeness (QED) is 0.305. The van der Waals surface area contributed by atoms with E-state index in [1.165, 1.54) is 6.07 Å². The highest BCUT2D eigenvalue weighted by Crippen LogP contribution is 2.53. The van der Waals surface area contributed by atoms with Crippen LogP contribution >= 0.6 is 0 Å². The van der Waals surface area contributed by atoms with Crippen molar-refractivity contribution in [1.82, 2.24) is 4.90 Å². The number of allylic oxidation sites excluding steroid dienone is 2. The predicted molar refractivity (Wildman–Crippen MR) is 114 cm³/mol. The summed E-state index contributed by atoms with van der Waals surface area (Å²) in [7, 11) is 0. The van der Waals surface area contributed by atoms with Crippen molar-refractivity contribution in [2.45, 2.75) is 13.3 Å². The van der Waals surface area contributed by atoms with Crippen LogP contribution in [0.25, 0.3) is 0 Å². The first kappa shape index (κ1) is 20.5. The number of carbonyl (C=O) groups is 3. The molecule has 1 aromatic rings. The zero-order valence-electron chi connectivity index (χ0n) is 17.7. The van der Waals surface area contributed by atoms with Gasteiger partial charge in [-0.15, -0.1) is 0 Å². The standard InChI is InChI=1S/C22H24N4O6/c1-2-32-22(29)24-9-7-23(8-10-24)16-6-5-15(12-17(16)26(30)31)25-20(27)18-13-3-4-14(11-13)19(18)21(25)28/h3-6,12-14,18-19H,2,7-11H2,1H3/t13-,14+,18-,19?/m1/s1. The van der Waals surface area contributed by atoms with Crippen molar-refractivity contribution in [1.29, 1.82) is 0 Å². The Morgan fingerprint density at radius 3 is 2.28 bits per heavy atom. The van der Waals surface area contributed by atoms with Crippen LogP contribution < -0.4 is 9.80 Å². The maximum Gasteiger partial charge on any atom is 0.409 e. The molecule has 0 aromatic heterocycles. The fourth-order valence-electron chi connectivity index (χ4n) is 5.57. The first-order valence-electron chi connectivity index (χ1n) is 10.9. The number of hydrogen-bond acceptors (Lipinski definition) is 7. The molecule has 168 valence electrons. The second-order valence-electron chi connectivity index (χ2n) is 8.61. The number of amides is 3. The number of rotatable bonds is 4. The molecule has 3 fully saturated rings. The number of imide groups is 1. The molecule has 1 aromatic carbocycles. The van der Waals surface area contributed by atoms with Gasteiger partial charge in [-0.2, -0.15) is 0 Å². The van der Waals surface area contributed by atoms with E-state index >= 15 is 0 Å². The molecule has 2 heterocycles. The minimum Gasteiger partial charge on any atom is -0.450 e. The van der Waals surface area contributed by atoms with E-state index in [1.54, 1.807) is 24.0 Å². The smallest absolute Gasteiger partial charge is 0.409 e. The van der Waals surface area contributed by atoms with Crippen LogP contribution in [0.15, 0.2) is 30.4 Å². The molecule has 4 atom stereocenters. The van der Waals surface area contributed by atoms with Crippen molar-refractivity contribution in [2.75, 3.05) is 42.6 Å². The third kappa shape index (κ3) is 3.04. The van der Waals surface area contributed by atoms with Gasteiger partial charge in [0.2, 0.25) is 11.8 Å². The van der Waals surface area contributed by atoms with Crippen LogP contribution in [0, 0.1) is 33.8 Å². The Labute approximate surface area is 184 Å². The van der Waals surface area contributed by atoms with E-state index in [2.05, 4.69) is 0 Å². The Morgan fingerprint density at radius 2 is 1.72 bits per heavy atom. The molecule has 0 N–H and O–H groups in total. The van der Waals surface area contributed by atoms with Gasteiger partial charge in [0.15, 0.2) is 0 Å². The average Bonchev–Trinajstić information content (AvgIpc) is 3.47. The summed E-state index contributed by atoms with van der Waals surface area (Å²) in [6.07, 6.45) is 4.47. The molecule has 1 unspecified atom stereocenters. The minimum atomic E-state index is -0.492. The van der Waals surface area contributed by atoms with Gasteiger partial charge < -0.3 is 14.5 Å². The molecule has 2 saturated heterocycles.